The molecule has 2 aliphatic rings. The maximum atomic E-state index is 13.0. The van der Waals surface area contributed by atoms with Crippen LogP contribution in [0.3, 0.4) is 0 Å². The number of carbonyl (C=O) groups excluding carboxylic acids is 1. The minimum Gasteiger partial charge on any atom is -0.619 e. The number of halogens is 4. The van der Waals surface area contributed by atoms with E-state index < -0.39 is 29.5 Å². The van der Waals surface area contributed by atoms with E-state index in [1.165, 1.54) is 30.6 Å². The van der Waals surface area contributed by atoms with Crippen molar-refractivity contribution in [3.05, 3.63) is 76.1 Å². The zero-order chi connectivity index (χ0) is 28.0. The molecule has 0 spiro atoms. The van der Waals surface area contributed by atoms with Gasteiger partial charge in [0.2, 0.25) is 0 Å². The average Bonchev–Trinajstić information content (AvgIpc) is 3.71. The third-order valence-electron chi connectivity index (χ3n) is 6.61. The van der Waals surface area contributed by atoms with Crippen molar-refractivity contribution in [3.63, 3.8) is 0 Å². The Morgan fingerprint density at radius 3 is 2.59 bits per heavy atom. The lowest BCUT2D eigenvalue weighted by Crippen LogP contribution is -2.37. The number of hydrogen-bond acceptors (Lipinski definition) is 6. The van der Waals surface area contributed by atoms with E-state index in [1.807, 2.05) is 30.3 Å². The van der Waals surface area contributed by atoms with Gasteiger partial charge in [0.1, 0.15) is 18.1 Å². The van der Waals surface area contributed by atoms with Crippen LogP contribution in [0.25, 0.3) is 0 Å². The van der Waals surface area contributed by atoms with E-state index in [9.17, 15) is 18.8 Å². The van der Waals surface area contributed by atoms with Crippen LogP contribution in [-0.2, 0) is 20.9 Å². The highest BCUT2D eigenvalue weighted by Gasteiger charge is 2.44. The van der Waals surface area contributed by atoms with Gasteiger partial charge in [-0.05, 0) is 42.0 Å². The van der Waals surface area contributed by atoms with E-state index in [0.717, 1.165) is 18.4 Å². The number of esters is 1. The summed E-state index contributed by atoms with van der Waals surface area (Å²) in [5.74, 6) is -0.310. The second-order valence-corrected chi connectivity index (χ2v) is 10.7. The van der Waals surface area contributed by atoms with Gasteiger partial charge in [-0.15, -0.1) is 11.6 Å². The quantitative estimate of drug-likeness (QED) is 0.115. The zero-order valence-electron chi connectivity index (χ0n) is 21.2. The van der Waals surface area contributed by atoms with Crippen LogP contribution < -0.4 is 9.47 Å². The second-order valence-electron chi connectivity index (χ2n) is 9.81. The minimum atomic E-state index is -3.04. The molecule has 0 bridgehead atoms. The van der Waals surface area contributed by atoms with Crippen LogP contribution in [0.5, 0.6) is 11.5 Å². The predicted octanol–water partition coefficient (Wildman–Crippen LogP) is 6.56. The molecule has 0 saturated heterocycles. The lowest BCUT2D eigenvalue weighted by Gasteiger charge is -2.35. The summed E-state index contributed by atoms with van der Waals surface area (Å²) in [6.45, 7) is -1.05. The summed E-state index contributed by atoms with van der Waals surface area (Å²) >= 11 is 13.0. The summed E-state index contributed by atoms with van der Waals surface area (Å²) in [5, 5.41) is 11.2. The molecule has 2 aromatic carbocycles. The summed E-state index contributed by atoms with van der Waals surface area (Å²) in [6, 6.07) is 13.7. The standard InChI is InChI=1S/C28H29Cl2F2NO6/c1-28(24(29)13-33(35)14-25(28)30)12-23(38-26(34)17-36-15-18-5-3-2-4-6-18)20-9-10-21(39-27(31)32)22(11-20)37-16-19-7-8-19/h2-6,9-11,13-14,19,23-24,27H,7-8,12,15-17H2,1H3/t23-,24?,28?/m0/s1. The molecule has 1 heterocycles. The van der Waals surface area contributed by atoms with Crippen LogP contribution in [0, 0.1) is 16.5 Å². The topological polar surface area (TPSA) is 80.1 Å². The van der Waals surface area contributed by atoms with Crippen LogP contribution in [0.4, 0.5) is 8.78 Å². The van der Waals surface area contributed by atoms with Gasteiger partial charge in [0.25, 0.3) is 0 Å². The molecule has 210 valence electrons. The molecule has 0 radical (unpaired) electrons. The smallest absolute Gasteiger partial charge is 0.387 e. The van der Waals surface area contributed by atoms with E-state index in [4.69, 9.17) is 37.4 Å². The number of hydrogen-bond donors (Lipinski definition) is 0. The maximum absolute atomic E-state index is 13.0. The fourth-order valence-corrected chi connectivity index (χ4v) is 4.76. The second kappa shape index (κ2) is 13.0. The molecular formula is C28H29Cl2F2NO6. The van der Waals surface area contributed by atoms with Gasteiger partial charge in [-0.25, -0.2) is 4.79 Å². The molecule has 11 heteroatoms. The highest BCUT2D eigenvalue weighted by Crippen LogP contribution is 2.47. The Hall–Kier alpha value is -2.88. The number of ether oxygens (including phenoxy) is 4. The SMILES string of the molecule is CC1(C[C@H](OC(=O)COCc2ccccc2)c2ccc(OC(F)F)c(OCC3CC3)c2)C(Cl)=C[N+]([O-])=CC1Cl. The van der Waals surface area contributed by atoms with Crippen LogP contribution >= 0.6 is 23.2 Å². The summed E-state index contributed by atoms with van der Waals surface area (Å²) in [5.41, 5.74) is 0.369. The summed E-state index contributed by atoms with van der Waals surface area (Å²) in [4.78, 5) is 12.8. The van der Waals surface area contributed by atoms with Gasteiger partial charge in [0, 0.05) is 11.8 Å². The minimum absolute atomic E-state index is 0.0857. The molecule has 1 aliphatic heterocycles. The van der Waals surface area contributed by atoms with Gasteiger partial charge in [-0.2, -0.15) is 13.5 Å². The van der Waals surface area contributed by atoms with E-state index in [2.05, 4.69) is 4.74 Å². The van der Waals surface area contributed by atoms with Crippen molar-refractivity contribution < 1.29 is 37.3 Å². The highest BCUT2D eigenvalue weighted by atomic mass is 35.5. The third kappa shape index (κ3) is 8.06. The fourth-order valence-electron chi connectivity index (χ4n) is 4.09. The Bertz CT molecular complexity index is 1210. The monoisotopic (exact) mass is 583 g/mol. The van der Waals surface area contributed by atoms with Crippen molar-refractivity contribution in [1.29, 1.82) is 0 Å². The largest absolute Gasteiger partial charge is 0.619 e. The molecule has 0 N–H and O–H groups in total. The van der Waals surface area contributed by atoms with Gasteiger partial charge in [0.05, 0.1) is 18.2 Å². The lowest BCUT2D eigenvalue weighted by atomic mass is 9.78. The Labute approximate surface area is 235 Å². The Morgan fingerprint density at radius 2 is 1.92 bits per heavy atom. The van der Waals surface area contributed by atoms with Crippen molar-refractivity contribution >= 4 is 35.4 Å². The van der Waals surface area contributed by atoms with Gasteiger partial charge in [-0.3, -0.25) is 0 Å². The Morgan fingerprint density at radius 1 is 1.18 bits per heavy atom. The van der Waals surface area contributed by atoms with Crippen molar-refractivity contribution in [1.82, 2.24) is 0 Å². The first-order valence-corrected chi connectivity index (χ1v) is 13.3. The van der Waals surface area contributed by atoms with Crippen LogP contribution in [0.1, 0.15) is 43.4 Å². The van der Waals surface area contributed by atoms with Crippen LogP contribution in [-0.4, -0.2) is 42.1 Å². The lowest BCUT2D eigenvalue weighted by molar-refractivity contribution is -0.378. The van der Waals surface area contributed by atoms with E-state index >= 15 is 0 Å². The Balaban J connectivity index is 1.56. The van der Waals surface area contributed by atoms with Crippen LogP contribution in [0.15, 0.2) is 59.8 Å². The molecule has 4 rings (SSSR count). The third-order valence-corrected chi connectivity index (χ3v) is 7.74. The van der Waals surface area contributed by atoms with E-state index in [1.54, 1.807) is 6.92 Å². The normalized spacial score (nSPS) is 21.6. The van der Waals surface area contributed by atoms with Crippen LogP contribution in [0.2, 0.25) is 0 Å². The van der Waals surface area contributed by atoms with E-state index in [0.29, 0.717) is 22.8 Å². The number of rotatable bonds is 13. The van der Waals surface area contributed by atoms with Crippen molar-refractivity contribution in [2.75, 3.05) is 13.2 Å². The first-order valence-electron chi connectivity index (χ1n) is 12.5. The maximum Gasteiger partial charge on any atom is 0.387 e. The van der Waals surface area contributed by atoms with Gasteiger partial charge in [-0.1, -0.05) is 54.9 Å². The van der Waals surface area contributed by atoms with E-state index in [-0.39, 0.29) is 36.2 Å². The number of benzene rings is 2. The van der Waals surface area contributed by atoms with Gasteiger partial charge >= 0.3 is 12.6 Å². The summed E-state index contributed by atoms with van der Waals surface area (Å²) in [7, 11) is 0. The fraction of sp³-hybridized carbons (Fsp3) is 0.429. The molecular weight excluding hydrogens is 555 g/mol. The number of carbonyl (C=O) groups is 1. The van der Waals surface area contributed by atoms with Gasteiger partial charge < -0.3 is 24.2 Å². The number of nitrogens with zero attached hydrogens (tertiary/aromatic N) is 1. The van der Waals surface area contributed by atoms with Crippen molar-refractivity contribution in [3.8, 4) is 11.5 Å². The summed E-state index contributed by atoms with van der Waals surface area (Å²) in [6.07, 6.45) is 3.62. The first-order chi connectivity index (χ1) is 18.6. The zero-order valence-corrected chi connectivity index (χ0v) is 22.7. The number of hydroxylamine groups is 1. The summed E-state index contributed by atoms with van der Waals surface area (Å²) < 4.78 is 48.4. The number of allylic oxidation sites excluding steroid dienone is 1. The highest BCUT2D eigenvalue weighted by molar-refractivity contribution is 6.34. The molecule has 3 atom stereocenters. The number of alkyl halides is 3. The van der Waals surface area contributed by atoms with Gasteiger partial charge in [0.15, 0.2) is 23.9 Å². The van der Waals surface area contributed by atoms with Crippen molar-refractivity contribution in [2.24, 2.45) is 11.3 Å². The molecule has 1 fully saturated rings. The molecule has 1 aliphatic carbocycles. The molecule has 39 heavy (non-hydrogen) atoms. The molecule has 2 unspecified atom stereocenters. The average molecular weight is 584 g/mol. The molecule has 2 aromatic rings. The molecule has 1 saturated carbocycles. The molecule has 0 amide bonds. The molecule has 0 aromatic heterocycles. The predicted molar refractivity (Wildman–Crippen MR) is 142 cm³/mol. The molecule has 7 nitrogen and oxygen atoms in total. The van der Waals surface area contributed by atoms with Crippen molar-refractivity contribution in [2.45, 2.75) is 50.9 Å². The Kier molecular flexibility index (Phi) is 9.69. The first kappa shape index (κ1) is 29.1.